The number of rotatable bonds is 2. The molecule has 1 aliphatic carbocycles. The predicted octanol–water partition coefficient (Wildman–Crippen LogP) is 2.35. The maximum Gasteiger partial charge on any atom is 0.336 e. The molecule has 2 aliphatic heterocycles. The first-order chi connectivity index (χ1) is 12.3. The van der Waals surface area contributed by atoms with Gasteiger partial charge in [0, 0.05) is 12.0 Å². The molecule has 4 atom stereocenters. The van der Waals surface area contributed by atoms with Gasteiger partial charge in [0.2, 0.25) is 0 Å². The maximum atomic E-state index is 12.5. The van der Waals surface area contributed by atoms with E-state index in [1.807, 2.05) is 19.9 Å². The molecule has 3 rings (SSSR count). The molecule has 0 amide bonds. The van der Waals surface area contributed by atoms with E-state index in [0.717, 1.165) is 24.0 Å². The van der Waals surface area contributed by atoms with Crippen LogP contribution in [0.4, 0.5) is 0 Å². The Kier molecular flexibility index (Phi) is 5.44. The monoisotopic (exact) mass is 360 g/mol. The summed E-state index contributed by atoms with van der Waals surface area (Å²) in [5, 5.41) is 9.40. The number of carbonyl (C=O) groups is 2. The van der Waals surface area contributed by atoms with Crippen LogP contribution < -0.4 is 0 Å². The van der Waals surface area contributed by atoms with Crippen LogP contribution >= 0.6 is 0 Å². The summed E-state index contributed by atoms with van der Waals surface area (Å²) in [5.41, 5.74) is 2.80. The third-order valence-corrected chi connectivity index (χ3v) is 4.94. The average molecular weight is 360 g/mol. The van der Waals surface area contributed by atoms with Crippen LogP contribution in [-0.2, 0) is 23.8 Å². The van der Waals surface area contributed by atoms with E-state index in [9.17, 15) is 14.7 Å². The van der Waals surface area contributed by atoms with Gasteiger partial charge in [-0.2, -0.15) is 0 Å². The van der Waals surface area contributed by atoms with Crippen LogP contribution in [0.2, 0.25) is 0 Å². The van der Waals surface area contributed by atoms with Gasteiger partial charge in [0.05, 0.1) is 18.1 Å². The lowest BCUT2D eigenvalue weighted by molar-refractivity contribution is -0.147. The fraction of sp³-hybridized carbons (Fsp3) is 0.500. The zero-order valence-corrected chi connectivity index (χ0v) is 15.1. The first kappa shape index (κ1) is 18.6. The van der Waals surface area contributed by atoms with Crippen molar-refractivity contribution >= 4 is 11.9 Å². The molecule has 1 N–H and O–H groups in total. The molecule has 2 heterocycles. The number of hydrogen-bond acceptors (Lipinski definition) is 6. The molecule has 1 saturated heterocycles. The van der Waals surface area contributed by atoms with E-state index >= 15 is 0 Å². The summed E-state index contributed by atoms with van der Waals surface area (Å²) in [6, 6.07) is 0. The van der Waals surface area contributed by atoms with Gasteiger partial charge in [-0.15, -0.1) is 0 Å². The van der Waals surface area contributed by atoms with Crippen LogP contribution in [-0.4, -0.2) is 42.1 Å². The van der Waals surface area contributed by atoms with E-state index in [1.54, 1.807) is 0 Å². The second-order valence-electron chi connectivity index (χ2n) is 7.06. The number of aliphatic hydroxyl groups excluding tert-OH is 1. The van der Waals surface area contributed by atoms with Crippen molar-refractivity contribution in [1.29, 1.82) is 0 Å². The first-order valence-electron chi connectivity index (χ1n) is 8.79. The Bertz CT molecular complexity index is 714. The Morgan fingerprint density at radius 2 is 2.08 bits per heavy atom. The number of ether oxygens (including phenoxy) is 3. The van der Waals surface area contributed by atoms with Crippen LogP contribution in [0.5, 0.6) is 0 Å². The standard InChI is InChI=1S/C20H24O6/c1-11-5-4-6-12(2)8-16(18-13(3)19(22)25-15(18)7-11)26-20(23)14-9-17(21)24-10-14/h6-7,9,15-18,21H,3-5,8,10H2,1-2H3/b11-7+,12-6-/t15-,16-,17?,18+/m1/s1. The number of carbonyl (C=O) groups excluding carboxylic acids is 2. The Labute approximate surface area is 152 Å². The minimum atomic E-state index is -1.09. The number of aliphatic hydroxyl groups is 1. The van der Waals surface area contributed by atoms with Crippen molar-refractivity contribution in [1.82, 2.24) is 0 Å². The molecule has 0 bridgehead atoms. The van der Waals surface area contributed by atoms with Crippen LogP contribution in [0.1, 0.15) is 33.1 Å². The van der Waals surface area contributed by atoms with Gasteiger partial charge < -0.3 is 19.3 Å². The molecule has 6 heteroatoms. The van der Waals surface area contributed by atoms with Gasteiger partial charge >= 0.3 is 11.9 Å². The minimum Gasteiger partial charge on any atom is -0.458 e. The molecule has 0 radical (unpaired) electrons. The Hall–Kier alpha value is -2.18. The number of allylic oxidation sites excluding steroid dienone is 2. The lowest BCUT2D eigenvalue weighted by Crippen LogP contribution is -2.34. The smallest absolute Gasteiger partial charge is 0.336 e. The molecular formula is C20H24O6. The lowest BCUT2D eigenvalue weighted by Gasteiger charge is -2.27. The van der Waals surface area contributed by atoms with Crippen LogP contribution in [0, 0.1) is 5.92 Å². The lowest BCUT2D eigenvalue weighted by atomic mass is 9.85. The normalized spacial score (nSPS) is 36.2. The van der Waals surface area contributed by atoms with E-state index in [0.29, 0.717) is 12.0 Å². The van der Waals surface area contributed by atoms with E-state index in [2.05, 4.69) is 12.7 Å². The average Bonchev–Trinajstić information content (AvgIpc) is 3.11. The van der Waals surface area contributed by atoms with Gasteiger partial charge in [0.1, 0.15) is 12.2 Å². The van der Waals surface area contributed by atoms with E-state index in [1.165, 1.54) is 6.08 Å². The summed E-state index contributed by atoms with van der Waals surface area (Å²) in [5.74, 6) is -1.44. The molecule has 6 nitrogen and oxygen atoms in total. The zero-order chi connectivity index (χ0) is 18.8. The number of esters is 2. The van der Waals surface area contributed by atoms with Gasteiger partial charge in [-0.1, -0.05) is 23.8 Å². The highest BCUT2D eigenvalue weighted by atomic mass is 16.6. The minimum absolute atomic E-state index is 0.00498. The van der Waals surface area contributed by atoms with Crippen molar-refractivity contribution in [3.8, 4) is 0 Å². The summed E-state index contributed by atoms with van der Waals surface area (Å²) >= 11 is 0. The summed E-state index contributed by atoms with van der Waals surface area (Å²) in [4.78, 5) is 24.6. The Balaban J connectivity index is 1.89. The highest BCUT2D eigenvalue weighted by molar-refractivity contribution is 5.92. The molecule has 0 saturated carbocycles. The summed E-state index contributed by atoms with van der Waals surface area (Å²) in [6.07, 6.45) is 5.49. The molecule has 0 aromatic heterocycles. The Morgan fingerprint density at radius 3 is 2.77 bits per heavy atom. The molecule has 140 valence electrons. The largest absolute Gasteiger partial charge is 0.458 e. The maximum absolute atomic E-state index is 12.5. The van der Waals surface area contributed by atoms with Gasteiger partial charge in [-0.25, -0.2) is 9.59 Å². The fourth-order valence-electron chi connectivity index (χ4n) is 3.52. The summed E-state index contributed by atoms with van der Waals surface area (Å²) < 4.78 is 16.2. The van der Waals surface area contributed by atoms with Crippen molar-refractivity contribution in [2.24, 2.45) is 5.92 Å². The highest BCUT2D eigenvalue weighted by Gasteiger charge is 2.44. The third kappa shape index (κ3) is 3.97. The van der Waals surface area contributed by atoms with Gasteiger partial charge in [0.15, 0.2) is 6.29 Å². The second kappa shape index (κ2) is 7.60. The molecule has 0 aromatic carbocycles. The van der Waals surface area contributed by atoms with Crippen molar-refractivity contribution in [3.63, 3.8) is 0 Å². The topological polar surface area (TPSA) is 82.1 Å². The van der Waals surface area contributed by atoms with Crippen molar-refractivity contribution < 1.29 is 28.9 Å². The van der Waals surface area contributed by atoms with Crippen molar-refractivity contribution in [2.75, 3.05) is 6.61 Å². The fourth-order valence-corrected chi connectivity index (χ4v) is 3.52. The van der Waals surface area contributed by atoms with E-state index in [-0.39, 0.29) is 12.2 Å². The van der Waals surface area contributed by atoms with Gasteiger partial charge in [0.25, 0.3) is 0 Å². The highest BCUT2D eigenvalue weighted by Crippen LogP contribution is 2.36. The molecule has 1 fully saturated rings. The van der Waals surface area contributed by atoms with Crippen molar-refractivity contribution in [3.05, 3.63) is 47.1 Å². The quantitative estimate of drug-likeness (QED) is 0.462. The molecule has 1 unspecified atom stereocenters. The van der Waals surface area contributed by atoms with Gasteiger partial charge in [-0.3, -0.25) is 0 Å². The van der Waals surface area contributed by atoms with E-state index < -0.39 is 36.4 Å². The summed E-state index contributed by atoms with van der Waals surface area (Å²) in [7, 11) is 0. The summed E-state index contributed by atoms with van der Waals surface area (Å²) in [6.45, 7) is 7.86. The van der Waals surface area contributed by atoms with Gasteiger partial charge in [-0.05, 0) is 38.8 Å². The third-order valence-electron chi connectivity index (χ3n) is 4.94. The van der Waals surface area contributed by atoms with Crippen LogP contribution in [0.25, 0.3) is 0 Å². The molecule has 0 aromatic rings. The van der Waals surface area contributed by atoms with E-state index in [4.69, 9.17) is 14.2 Å². The second-order valence-corrected chi connectivity index (χ2v) is 7.06. The first-order valence-corrected chi connectivity index (χ1v) is 8.79. The predicted molar refractivity (Wildman–Crippen MR) is 93.8 cm³/mol. The van der Waals surface area contributed by atoms with Crippen LogP contribution in [0.15, 0.2) is 47.1 Å². The zero-order valence-electron chi connectivity index (χ0n) is 15.1. The van der Waals surface area contributed by atoms with Crippen LogP contribution in [0.3, 0.4) is 0 Å². The SMILES string of the molecule is C=C1C(=O)O[C@@H]2/C=C(\C)CC/C=C(/C)C[C@@H](OC(=O)C3=CC(O)OC3)[C@@H]12. The van der Waals surface area contributed by atoms with Crippen molar-refractivity contribution in [2.45, 2.75) is 51.6 Å². The molecule has 26 heavy (non-hydrogen) atoms. The molecular weight excluding hydrogens is 336 g/mol. The number of fused-ring (bicyclic) bond motifs is 1. The number of hydrogen-bond donors (Lipinski definition) is 1. The Morgan fingerprint density at radius 1 is 1.31 bits per heavy atom. The molecule has 0 spiro atoms. The molecule has 3 aliphatic rings.